The monoisotopic (exact) mass is 477 g/mol. The summed E-state index contributed by atoms with van der Waals surface area (Å²) < 4.78 is 6.25. The molecule has 1 aliphatic heterocycles. The van der Waals surface area contributed by atoms with Crippen LogP contribution >= 0.6 is 0 Å². The zero-order valence-corrected chi connectivity index (χ0v) is 20.3. The van der Waals surface area contributed by atoms with Gasteiger partial charge in [-0.3, -0.25) is 4.79 Å². The number of hydrogen-bond acceptors (Lipinski definition) is 8. The largest absolute Gasteiger partial charge is 0.488 e. The number of amides is 1. The highest BCUT2D eigenvalue weighted by molar-refractivity contribution is 6.10. The van der Waals surface area contributed by atoms with Crippen LogP contribution in [0.4, 0.5) is 5.82 Å². The summed E-state index contributed by atoms with van der Waals surface area (Å²) in [5.74, 6) is 0.979. The summed E-state index contributed by atoms with van der Waals surface area (Å²) in [5.41, 5.74) is 1.80. The van der Waals surface area contributed by atoms with E-state index in [2.05, 4.69) is 30.8 Å². The zero-order valence-electron chi connectivity index (χ0n) is 20.3. The minimum atomic E-state index is -0.347. The van der Waals surface area contributed by atoms with Gasteiger partial charge >= 0.3 is 0 Å². The summed E-state index contributed by atoms with van der Waals surface area (Å²) in [6, 6.07) is 1.19. The first-order chi connectivity index (χ1) is 17.1. The Morgan fingerprint density at radius 2 is 1.91 bits per heavy atom. The van der Waals surface area contributed by atoms with Crippen molar-refractivity contribution in [2.24, 2.45) is 0 Å². The van der Waals surface area contributed by atoms with Crippen molar-refractivity contribution >= 4 is 17.4 Å². The fourth-order valence-electron chi connectivity index (χ4n) is 4.91. The van der Waals surface area contributed by atoms with Gasteiger partial charge in [0.25, 0.3) is 5.91 Å². The minimum Gasteiger partial charge on any atom is -0.488 e. The smallest absolute Gasteiger partial charge is 0.275 e. The molecule has 2 heterocycles. The van der Waals surface area contributed by atoms with E-state index in [1.807, 2.05) is 0 Å². The Balaban J connectivity index is 1.25. The molecule has 4 aliphatic rings. The number of rotatable bonds is 8. The maximum atomic E-state index is 13.1. The van der Waals surface area contributed by atoms with Crippen LogP contribution in [0.5, 0.6) is 0 Å². The summed E-state index contributed by atoms with van der Waals surface area (Å²) in [5, 5.41) is 17.9. The Morgan fingerprint density at radius 3 is 2.63 bits per heavy atom. The number of nitrogens with zero attached hydrogens (tertiary/aromatic N) is 3. The summed E-state index contributed by atoms with van der Waals surface area (Å²) in [6.07, 6.45) is 17.7. The van der Waals surface area contributed by atoms with Gasteiger partial charge in [-0.2, -0.15) is 0 Å². The Labute approximate surface area is 206 Å². The lowest BCUT2D eigenvalue weighted by molar-refractivity contribution is 0.0824. The molecular weight excluding hydrogens is 442 g/mol. The molecule has 1 saturated heterocycles. The zero-order chi connectivity index (χ0) is 24.2. The van der Waals surface area contributed by atoms with Crippen LogP contribution in [0.1, 0.15) is 61.9 Å². The third-order valence-corrected chi connectivity index (χ3v) is 6.98. The first-order valence-corrected chi connectivity index (χ1v) is 12.8. The van der Waals surface area contributed by atoms with Crippen molar-refractivity contribution in [1.29, 1.82) is 5.41 Å². The molecule has 0 radical (unpaired) electrons. The molecule has 4 N–H and O–H groups in total. The van der Waals surface area contributed by atoms with Gasteiger partial charge in [0, 0.05) is 50.1 Å². The van der Waals surface area contributed by atoms with Gasteiger partial charge < -0.3 is 31.0 Å². The summed E-state index contributed by atoms with van der Waals surface area (Å²) >= 11 is 0. The van der Waals surface area contributed by atoms with Gasteiger partial charge in [0.05, 0.1) is 29.9 Å². The van der Waals surface area contributed by atoms with Crippen LogP contribution in [0, 0.1) is 5.41 Å². The number of aromatic nitrogens is 2. The van der Waals surface area contributed by atoms with E-state index < -0.39 is 0 Å². The molecule has 1 aromatic heterocycles. The van der Waals surface area contributed by atoms with Crippen molar-refractivity contribution in [3.05, 3.63) is 53.5 Å². The molecule has 3 fully saturated rings. The molecular formula is C26H35N7O2. The maximum Gasteiger partial charge on any atom is 0.275 e. The van der Waals surface area contributed by atoms with E-state index in [0.717, 1.165) is 51.0 Å². The number of carbonyl (C=O) groups is 1. The predicted octanol–water partition coefficient (Wildman–Crippen LogP) is 2.79. The SMILES string of the molecule is CN/C=C1/C=C(NC(=O)c2cnc(N3CC[C@@H](NC4CC4)C3)cn2)C(OC2CCCCC2)=CC1=N. The lowest BCUT2D eigenvalue weighted by Gasteiger charge is -2.27. The van der Waals surface area contributed by atoms with Gasteiger partial charge in [0.2, 0.25) is 0 Å². The van der Waals surface area contributed by atoms with Gasteiger partial charge in [-0.05, 0) is 51.0 Å². The van der Waals surface area contributed by atoms with Crippen LogP contribution in [0.15, 0.2) is 47.8 Å². The predicted molar refractivity (Wildman–Crippen MR) is 135 cm³/mol. The number of anilines is 1. The topological polar surface area (TPSA) is 115 Å². The highest BCUT2D eigenvalue weighted by Crippen LogP contribution is 2.28. The molecule has 35 heavy (non-hydrogen) atoms. The van der Waals surface area contributed by atoms with Gasteiger partial charge in [-0.15, -0.1) is 0 Å². The maximum absolute atomic E-state index is 13.1. The van der Waals surface area contributed by atoms with Crippen LogP contribution in [0.2, 0.25) is 0 Å². The molecule has 9 heteroatoms. The molecule has 186 valence electrons. The summed E-state index contributed by atoms with van der Waals surface area (Å²) in [7, 11) is 1.78. The molecule has 0 bridgehead atoms. The van der Waals surface area contributed by atoms with Crippen LogP contribution in [-0.2, 0) is 4.74 Å². The fourth-order valence-corrected chi connectivity index (χ4v) is 4.91. The third-order valence-electron chi connectivity index (χ3n) is 6.98. The number of carbonyl (C=O) groups excluding carboxylic acids is 1. The molecule has 5 rings (SSSR count). The number of ether oxygens (including phenoxy) is 1. The second-order valence-electron chi connectivity index (χ2n) is 9.83. The molecule has 0 spiro atoms. The first-order valence-electron chi connectivity index (χ1n) is 12.8. The summed E-state index contributed by atoms with van der Waals surface area (Å²) in [6.45, 7) is 1.86. The standard InChI is InChI=1S/C26H35N7O2/c1-28-13-17-11-22(24(12-21(17)27)35-20-5-3-2-4-6-20)32-26(34)23-14-30-25(15-29-23)33-10-9-19(16-33)31-18-7-8-18/h11-15,18-20,27-28,31H,2-10,16H2,1H3,(H,32,34)/b17-13-,27-21?/t19-/m1/s1. The van der Waals surface area contributed by atoms with Crippen molar-refractivity contribution in [2.45, 2.75) is 69.6 Å². The Bertz CT molecular complexity index is 1040. The highest BCUT2D eigenvalue weighted by Gasteiger charge is 2.30. The van der Waals surface area contributed by atoms with E-state index in [1.54, 1.807) is 31.6 Å². The molecule has 0 unspecified atom stereocenters. The molecule has 1 atom stereocenters. The second-order valence-corrected chi connectivity index (χ2v) is 9.83. The lowest BCUT2D eigenvalue weighted by atomic mass is 9.97. The fraction of sp³-hybridized carbons (Fsp3) is 0.538. The molecule has 1 aromatic rings. The quantitative estimate of drug-likeness (QED) is 0.455. The third kappa shape index (κ3) is 5.90. The second kappa shape index (κ2) is 10.6. The lowest BCUT2D eigenvalue weighted by Crippen LogP contribution is -2.34. The van der Waals surface area contributed by atoms with E-state index in [-0.39, 0.29) is 17.7 Å². The van der Waals surface area contributed by atoms with Crippen molar-refractivity contribution in [3.8, 4) is 0 Å². The minimum absolute atomic E-state index is 0.107. The van der Waals surface area contributed by atoms with Crippen molar-refractivity contribution in [1.82, 2.24) is 25.9 Å². The van der Waals surface area contributed by atoms with Crippen LogP contribution in [0.25, 0.3) is 0 Å². The molecule has 3 aliphatic carbocycles. The van der Waals surface area contributed by atoms with Crippen LogP contribution in [0.3, 0.4) is 0 Å². The first kappa shape index (κ1) is 23.5. The van der Waals surface area contributed by atoms with E-state index in [1.165, 1.54) is 25.5 Å². The number of nitrogens with one attached hydrogen (secondary N) is 4. The van der Waals surface area contributed by atoms with Gasteiger partial charge in [-0.25, -0.2) is 9.97 Å². The molecule has 1 amide bonds. The average Bonchev–Trinajstić information content (AvgIpc) is 3.56. The summed E-state index contributed by atoms with van der Waals surface area (Å²) in [4.78, 5) is 24.2. The van der Waals surface area contributed by atoms with E-state index >= 15 is 0 Å². The van der Waals surface area contributed by atoms with Gasteiger partial charge in [0.15, 0.2) is 0 Å². The van der Waals surface area contributed by atoms with Crippen molar-refractivity contribution in [3.63, 3.8) is 0 Å². The van der Waals surface area contributed by atoms with E-state index in [9.17, 15) is 4.79 Å². The normalized spacial score (nSPS) is 24.3. The van der Waals surface area contributed by atoms with Gasteiger partial charge in [0.1, 0.15) is 17.3 Å². The Hall–Kier alpha value is -3.20. The Kier molecular flexibility index (Phi) is 7.13. The number of allylic oxidation sites excluding steroid dienone is 3. The van der Waals surface area contributed by atoms with Crippen LogP contribution < -0.4 is 20.9 Å². The average molecular weight is 478 g/mol. The number of hydrogen-bond donors (Lipinski definition) is 4. The van der Waals surface area contributed by atoms with E-state index in [4.69, 9.17) is 10.1 Å². The van der Waals surface area contributed by atoms with Gasteiger partial charge in [-0.1, -0.05) is 6.42 Å². The molecule has 2 saturated carbocycles. The Morgan fingerprint density at radius 1 is 1.09 bits per heavy atom. The van der Waals surface area contributed by atoms with Crippen molar-refractivity contribution in [2.75, 3.05) is 25.0 Å². The van der Waals surface area contributed by atoms with E-state index in [0.29, 0.717) is 34.8 Å². The molecule has 0 aromatic carbocycles. The highest BCUT2D eigenvalue weighted by atomic mass is 16.5. The molecule has 9 nitrogen and oxygen atoms in total. The van der Waals surface area contributed by atoms with Crippen LogP contribution in [-0.4, -0.2) is 59.9 Å². The van der Waals surface area contributed by atoms with Crippen molar-refractivity contribution < 1.29 is 9.53 Å².